The Morgan fingerprint density at radius 2 is 1.77 bits per heavy atom. The van der Waals surface area contributed by atoms with Crippen LogP contribution in [0.2, 0.25) is 0 Å². The normalized spacial score (nSPS) is 13.9. The Hall–Kier alpha value is -3.73. The second kappa shape index (κ2) is 10.3. The molecule has 0 radical (unpaired) electrons. The molecular weight excluding hydrogens is 464 g/mol. The Morgan fingerprint density at radius 1 is 1.00 bits per heavy atom. The smallest absolute Gasteiger partial charge is 0.325 e. The van der Waals surface area contributed by atoms with Gasteiger partial charge in [-0.1, -0.05) is 26.8 Å². The Kier molecular flexibility index (Phi) is 7.15. The number of nitrogens with one attached hydrogen (secondary N) is 3. The van der Waals surface area contributed by atoms with E-state index in [0.717, 1.165) is 17.1 Å². The largest absolute Gasteiger partial charge is 0.353 e. The summed E-state index contributed by atoms with van der Waals surface area (Å²) in [6.07, 6.45) is 3.29. The highest BCUT2D eigenvalue weighted by Gasteiger charge is 2.23. The van der Waals surface area contributed by atoms with Crippen LogP contribution in [0.3, 0.4) is 0 Å². The Bertz CT molecular complexity index is 1180. The number of aryl methyl sites for hydroxylation is 1. The fraction of sp³-hybridized carbons (Fsp3) is 0.375. The molecule has 3 aromatic rings. The summed E-state index contributed by atoms with van der Waals surface area (Å²) in [5.41, 5.74) is 2.38. The number of hydrogen-bond acceptors (Lipinski definition) is 7. The van der Waals surface area contributed by atoms with E-state index in [1.54, 1.807) is 17.3 Å². The van der Waals surface area contributed by atoms with Crippen LogP contribution >= 0.6 is 11.3 Å². The lowest BCUT2D eigenvalue weighted by Gasteiger charge is -2.35. The maximum Gasteiger partial charge on any atom is 0.325 e. The van der Waals surface area contributed by atoms with Crippen LogP contribution in [0, 0.1) is 6.92 Å². The molecule has 11 heteroatoms. The maximum atomic E-state index is 12.6. The quantitative estimate of drug-likeness (QED) is 0.491. The molecular formula is C24H30N8O2S. The number of amides is 4. The highest BCUT2D eigenvalue weighted by molar-refractivity contribution is 7.14. The number of rotatable bonds is 4. The van der Waals surface area contributed by atoms with Gasteiger partial charge >= 0.3 is 12.1 Å². The Labute approximate surface area is 208 Å². The van der Waals surface area contributed by atoms with Crippen LogP contribution in [0.15, 0.2) is 42.0 Å². The Balaban J connectivity index is 1.26. The molecule has 0 spiro atoms. The molecule has 0 aliphatic carbocycles. The second-order valence-corrected chi connectivity index (χ2v) is 10.2. The lowest BCUT2D eigenvalue weighted by atomic mass is 9.93. The first-order chi connectivity index (χ1) is 16.7. The van der Waals surface area contributed by atoms with Crippen LogP contribution in [0.5, 0.6) is 0 Å². The summed E-state index contributed by atoms with van der Waals surface area (Å²) >= 11 is 1.40. The minimum atomic E-state index is -0.364. The van der Waals surface area contributed by atoms with Gasteiger partial charge in [-0.3, -0.25) is 10.6 Å². The summed E-state index contributed by atoms with van der Waals surface area (Å²) < 4.78 is 0. The molecule has 4 rings (SSSR count). The van der Waals surface area contributed by atoms with Gasteiger partial charge in [-0.05, 0) is 30.7 Å². The summed E-state index contributed by atoms with van der Waals surface area (Å²) in [6.45, 7) is 10.6. The number of aromatic nitrogens is 3. The molecule has 4 heterocycles. The lowest BCUT2D eigenvalue weighted by molar-refractivity contribution is 0.208. The molecule has 0 aromatic carbocycles. The average Bonchev–Trinajstić information content (AvgIpc) is 3.30. The first-order valence-corrected chi connectivity index (χ1v) is 12.3. The van der Waals surface area contributed by atoms with Crippen molar-refractivity contribution in [3.63, 3.8) is 0 Å². The van der Waals surface area contributed by atoms with Crippen molar-refractivity contribution in [1.29, 1.82) is 0 Å². The molecule has 1 fully saturated rings. The second-order valence-electron chi connectivity index (χ2n) is 9.35. The predicted octanol–water partition coefficient (Wildman–Crippen LogP) is 4.54. The number of hydrogen-bond donors (Lipinski definition) is 3. The standard InChI is InChI=1S/C24H30N8O2S/c1-16-6-5-9-25-20(16)29-23(34)32-12-10-31(11-13-32)19-8-7-17(14-26-19)27-21(33)30-22-28-18(15-35-22)24(2,3)4/h5-9,14-15H,10-13H2,1-4H3,(H,25,29,34)(H2,27,28,30,33). The third-order valence-electron chi connectivity index (χ3n) is 5.62. The monoisotopic (exact) mass is 494 g/mol. The molecule has 1 saturated heterocycles. The number of pyridine rings is 2. The summed E-state index contributed by atoms with van der Waals surface area (Å²) in [6, 6.07) is 6.91. The van der Waals surface area contributed by atoms with Gasteiger partial charge in [-0.25, -0.2) is 24.5 Å². The van der Waals surface area contributed by atoms with E-state index in [1.165, 1.54) is 11.3 Å². The topological polar surface area (TPSA) is 115 Å². The van der Waals surface area contributed by atoms with Crippen LogP contribution in [0.1, 0.15) is 32.0 Å². The van der Waals surface area contributed by atoms with E-state index in [0.29, 0.717) is 42.8 Å². The molecule has 3 N–H and O–H groups in total. The van der Waals surface area contributed by atoms with E-state index in [4.69, 9.17) is 0 Å². The summed E-state index contributed by atoms with van der Waals surface area (Å²) in [4.78, 5) is 42.0. The minimum absolute atomic E-state index is 0.0694. The van der Waals surface area contributed by atoms with Gasteiger partial charge in [-0.2, -0.15) is 0 Å². The summed E-state index contributed by atoms with van der Waals surface area (Å²) in [5, 5.41) is 10.9. The van der Waals surface area contributed by atoms with Crippen molar-refractivity contribution < 1.29 is 9.59 Å². The molecule has 35 heavy (non-hydrogen) atoms. The molecule has 10 nitrogen and oxygen atoms in total. The van der Waals surface area contributed by atoms with Crippen molar-refractivity contribution in [2.24, 2.45) is 0 Å². The van der Waals surface area contributed by atoms with Crippen LogP contribution < -0.4 is 20.9 Å². The van der Waals surface area contributed by atoms with Crippen LogP contribution in [0.4, 0.5) is 32.0 Å². The summed E-state index contributed by atoms with van der Waals surface area (Å²) in [7, 11) is 0. The van der Waals surface area contributed by atoms with Gasteiger partial charge in [0.2, 0.25) is 0 Å². The number of piperazine rings is 1. The van der Waals surface area contributed by atoms with E-state index >= 15 is 0 Å². The van der Waals surface area contributed by atoms with Gasteiger partial charge < -0.3 is 15.1 Å². The van der Waals surface area contributed by atoms with E-state index < -0.39 is 0 Å². The number of thiazole rings is 1. The van der Waals surface area contributed by atoms with Crippen molar-refractivity contribution in [3.8, 4) is 0 Å². The van der Waals surface area contributed by atoms with Gasteiger partial charge in [0.25, 0.3) is 0 Å². The highest BCUT2D eigenvalue weighted by atomic mass is 32.1. The van der Waals surface area contributed by atoms with Crippen molar-refractivity contribution in [2.45, 2.75) is 33.1 Å². The maximum absolute atomic E-state index is 12.6. The molecule has 0 unspecified atom stereocenters. The van der Waals surface area contributed by atoms with Crippen molar-refractivity contribution in [2.75, 3.05) is 47.0 Å². The Morgan fingerprint density at radius 3 is 2.40 bits per heavy atom. The van der Waals surface area contributed by atoms with Crippen LogP contribution in [-0.2, 0) is 5.41 Å². The molecule has 0 bridgehead atoms. The average molecular weight is 495 g/mol. The molecule has 1 aliphatic heterocycles. The van der Waals surface area contributed by atoms with Crippen molar-refractivity contribution in [1.82, 2.24) is 19.9 Å². The third-order valence-corrected chi connectivity index (χ3v) is 6.38. The van der Waals surface area contributed by atoms with E-state index in [-0.39, 0.29) is 17.5 Å². The van der Waals surface area contributed by atoms with Gasteiger partial charge in [0, 0.05) is 43.2 Å². The predicted molar refractivity (Wildman–Crippen MR) is 139 cm³/mol. The van der Waals surface area contributed by atoms with E-state index in [9.17, 15) is 9.59 Å². The zero-order valence-corrected chi connectivity index (χ0v) is 21.1. The van der Waals surface area contributed by atoms with Gasteiger partial charge in [0.1, 0.15) is 11.6 Å². The lowest BCUT2D eigenvalue weighted by Crippen LogP contribution is -2.50. The zero-order valence-electron chi connectivity index (χ0n) is 20.3. The first kappa shape index (κ1) is 24.4. The van der Waals surface area contributed by atoms with Crippen LogP contribution in [0.25, 0.3) is 0 Å². The number of anilines is 4. The minimum Gasteiger partial charge on any atom is -0.353 e. The first-order valence-electron chi connectivity index (χ1n) is 11.4. The van der Waals surface area contributed by atoms with E-state index in [1.807, 2.05) is 36.6 Å². The third kappa shape index (κ3) is 6.24. The molecule has 4 amide bonds. The molecule has 184 valence electrons. The number of urea groups is 2. The zero-order chi connectivity index (χ0) is 25.0. The molecule has 1 aliphatic rings. The van der Waals surface area contributed by atoms with E-state index in [2.05, 4.69) is 56.6 Å². The van der Waals surface area contributed by atoms with Crippen molar-refractivity contribution in [3.05, 3.63) is 53.3 Å². The number of carbonyl (C=O) groups excluding carboxylic acids is 2. The highest BCUT2D eigenvalue weighted by Crippen LogP contribution is 2.26. The fourth-order valence-corrected chi connectivity index (χ4v) is 4.45. The van der Waals surface area contributed by atoms with Gasteiger partial charge in [0.15, 0.2) is 5.13 Å². The molecule has 0 saturated carbocycles. The van der Waals surface area contributed by atoms with Gasteiger partial charge in [0.05, 0.1) is 17.6 Å². The van der Waals surface area contributed by atoms with Crippen molar-refractivity contribution >= 4 is 45.9 Å². The molecule has 0 atom stereocenters. The van der Waals surface area contributed by atoms with Crippen LogP contribution in [-0.4, -0.2) is 58.1 Å². The fourth-order valence-electron chi connectivity index (χ4n) is 3.52. The van der Waals surface area contributed by atoms with Gasteiger partial charge in [-0.15, -0.1) is 11.3 Å². The number of nitrogens with zero attached hydrogens (tertiary/aromatic N) is 5. The molecule has 3 aromatic heterocycles. The number of carbonyl (C=O) groups is 2. The SMILES string of the molecule is Cc1cccnc1NC(=O)N1CCN(c2ccc(NC(=O)Nc3nc(C(C)(C)C)cs3)cn2)CC1. The summed E-state index contributed by atoms with van der Waals surface area (Å²) in [5.74, 6) is 1.38.